The first-order valence-electron chi connectivity index (χ1n) is 12.2. The maximum Gasteiger partial charge on any atom is 0.219 e. The van der Waals surface area contributed by atoms with Gasteiger partial charge in [-0.25, -0.2) is 0 Å². The van der Waals surface area contributed by atoms with Crippen LogP contribution in [-0.2, 0) is 16.0 Å². The van der Waals surface area contributed by atoms with Crippen LogP contribution in [0.15, 0.2) is 40.0 Å². The predicted octanol–water partition coefficient (Wildman–Crippen LogP) is 3.60. The number of hydrogen-bond acceptors (Lipinski definition) is 5. The molecule has 0 spiro atoms. The molecule has 0 radical (unpaired) electrons. The van der Waals surface area contributed by atoms with Gasteiger partial charge in [0.25, 0.3) is 0 Å². The van der Waals surface area contributed by atoms with E-state index in [1.165, 1.54) is 16.7 Å². The SMILES string of the molecule is C/N=C(\C=C(C)C)c1ccc2c(c1C)CCCN2C(=N)C1=C(NC2COC2)CCN(C(C)=O)C1. The molecule has 0 saturated carbocycles. The Bertz CT molecular complexity index is 1080. The van der Waals surface area contributed by atoms with Crippen LogP contribution in [0.2, 0.25) is 0 Å². The van der Waals surface area contributed by atoms with Crippen LogP contribution in [0.1, 0.15) is 50.3 Å². The van der Waals surface area contributed by atoms with Gasteiger partial charge in [0.1, 0.15) is 5.84 Å². The number of nitrogens with zero attached hydrogens (tertiary/aromatic N) is 3. The second-order valence-corrected chi connectivity index (χ2v) is 9.70. The standard InChI is InChI=1S/C27H37N5O2/c1-17(2)13-25(29-5)21-8-9-26-22(18(21)3)7-6-11-32(26)27(28)23-14-31(19(4)33)12-10-24(23)30-20-15-34-16-20/h8-9,13,20,28,30H,6-7,10-12,14-16H2,1-5H3/b28-27?,29-25+. The molecule has 1 saturated heterocycles. The summed E-state index contributed by atoms with van der Waals surface area (Å²) in [6.07, 6.45) is 4.85. The fraction of sp³-hybridized carbons (Fsp3) is 0.519. The number of nitrogens with one attached hydrogen (secondary N) is 2. The number of anilines is 1. The Morgan fingerprint density at radius 2 is 1.97 bits per heavy atom. The zero-order valence-corrected chi connectivity index (χ0v) is 21.1. The Morgan fingerprint density at radius 3 is 2.59 bits per heavy atom. The molecule has 182 valence electrons. The first-order chi connectivity index (χ1) is 16.3. The quantitative estimate of drug-likeness (QED) is 0.516. The number of amides is 1. The number of benzene rings is 1. The van der Waals surface area contributed by atoms with E-state index in [0.29, 0.717) is 38.2 Å². The molecule has 3 heterocycles. The van der Waals surface area contributed by atoms with Crippen LogP contribution < -0.4 is 10.2 Å². The topological polar surface area (TPSA) is 81.0 Å². The van der Waals surface area contributed by atoms with Crippen molar-refractivity contribution in [1.29, 1.82) is 5.41 Å². The number of aliphatic imine (C=N–C) groups is 1. The Morgan fingerprint density at radius 1 is 1.21 bits per heavy atom. The third kappa shape index (κ3) is 4.80. The van der Waals surface area contributed by atoms with Gasteiger partial charge in [-0.15, -0.1) is 0 Å². The number of carbonyl (C=O) groups excluding carboxylic acids is 1. The van der Waals surface area contributed by atoms with Gasteiger partial charge in [-0.2, -0.15) is 0 Å². The first kappa shape index (κ1) is 24.2. The van der Waals surface area contributed by atoms with E-state index < -0.39 is 0 Å². The van der Waals surface area contributed by atoms with E-state index in [1.54, 1.807) is 6.92 Å². The zero-order valence-electron chi connectivity index (χ0n) is 21.1. The normalized spacial score (nSPS) is 18.9. The number of ether oxygens (including phenoxy) is 1. The largest absolute Gasteiger partial charge is 0.381 e. The Balaban J connectivity index is 1.69. The van der Waals surface area contributed by atoms with Gasteiger partial charge in [0.15, 0.2) is 0 Å². The van der Waals surface area contributed by atoms with Crippen LogP contribution >= 0.6 is 0 Å². The van der Waals surface area contributed by atoms with Crippen molar-refractivity contribution in [2.45, 2.75) is 53.0 Å². The van der Waals surface area contributed by atoms with Gasteiger partial charge in [-0.3, -0.25) is 15.2 Å². The highest BCUT2D eigenvalue weighted by Crippen LogP contribution is 2.34. The highest BCUT2D eigenvalue weighted by Gasteiger charge is 2.31. The lowest BCUT2D eigenvalue weighted by molar-refractivity contribution is -0.128. The Labute approximate surface area is 203 Å². The van der Waals surface area contributed by atoms with Crippen molar-refractivity contribution < 1.29 is 9.53 Å². The molecule has 1 fully saturated rings. The van der Waals surface area contributed by atoms with E-state index in [1.807, 2.05) is 11.9 Å². The second-order valence-electron chi connectivity index (χ2n) is 9.70. The molecule has 0 atom stereocenters. The molecular weight excluding hydrogens is 426 g/mol. The molecule has 7 nitrogen and oxygen atoms in total. The monoisotopic (exact) mass is 463 g/mol. The lowest BCUT2D eigenvalue weighted by atomic mass is 9.90. The van der Waals surface area contributed by atoms with Crippen LogP contribution in [0.4, 0.5) is 5.69 Å². The average molecular weight is 464 g/mol. The van der Waals surface area contributed by atoms with Gasteiger partial charge in [0.2, 0.25) is 5.91 Å². The predicted molar refractivity (Wildman–Crippen MR) is 138 cm³/mol. The molecule has 0 aliphatic carbocycles. The molecule has 0 bridgehead atoms. The molecule has 1 aromatic rings. The number of rotatable bonds is 5. The maximum atomic E-state index is 12.2. The lowest BCUT2D eigenvalue weighted by Gasteiger charge is -2.39. The second kappa shape index (κ2) is 10.1. The van der Waals surface area contributed by atoms with Crippen molar-refractivity contribution >= 4 is 23.1 Å². The number of allylic oxidation sites excluding steroid dienone is 2. The molecular formula is C27H37N5O2. The fourth-order valence-corrected chi connectivity index (χ4v) is 5.03. The summed E-state index contributed by atoms with van der Waals surface area (Å²) < 4.78 is 5.34. The van der Waals surface area contributed by atoms with Crippen LogP contribution in [-0.4, -0.2) is 68.3 Å². The van der Waals surface area contributed by atoms with E-state index >= 15 is 0 Å². The summed E-state index contributed by atoms with van der Waals surface area (Å²) in [4.78, 5) is 20.7. The van der Waals surface area contributed by atoms with Crippen molar-refractivity contribution in [1.82, 2.24) is 10.2 Å². The van der Waals surface area contributed by atoms with Crippen LogP contribution in [0.25, 0.3) is 0 Å². The summed E-state index contributed by atoms with van der Waals surface area (Å²) in [5.41, 5.74) is 9.00. The molecule has 3 aliphatic rings. The van der Waals surface area contributed by atoms with Gasteiger partial charge in [-0.05, 0) is 56.9 Å². The van der Waals surface area contributed by atoms with E-state index in [2.05, 4.69) is 54.2 Å². The maximum absolute atomic E-state index is 12.2. The highest BCUT2D eigenvalue weighted by molar-refractivity contribution is 6.12. The van der Waals surface area contributed by atoms with Gasteiger partial charge >= 0.3 is 0 Å². The minimum atomic E-state index is 0.0570. The van der Waals surface area contributed by atoms with Crippen molar-refractivity contribution in [2.24, 2.45) is 4.99 Å². The average Bonchev–Trinajstić information content (AvgIpc) is 2.79. The Hall–Kier alpha value is -2.93. The third-order valence-corrected chi connectivity index (χ3v) is 6.98. The summed E-state index contributed by atoms with van der Waals surface area (Å²) in [5.74, 6) is 0.553. The van der Waals surface area contributed by atoms with Crippen molar-refractivity contribution in [3.63, 3.8) is 0 Å². The van der Waals surface area contributed by atoms with E-state index in [0.717, 1.165) is 54.0 Å². The third-order valence-electron chi connectivity index (χ3n) is 6.98. The highest BCUT2D eigenvalue weighted by atomic mass is 16.5. The van der Waals surface area contributed by atoms with E-state index in [-0.39, 0.29) is 5.91 Å². The van der Waals surface area contributed by atoms with Crippen LogP contribution in [0.5, 0.6) is 0 Å². The number of hydrogen-bond donors (Lipinski definition) is 2. The minimum absolute atomic E-state index is 0.0570. The lowest BCUT2D eigenvalue weighted by Crippen LogP contribution is -2.50. The molecule has 0 unspecified atom stereocenters. The smallest absolute Gasteiger partial charge is 0.219 e. The van der Waals surface area contributed by atoms with Crippen molar-refractivity contribution in [3.05, 3.63) is 51.7 Å². The number of amidine groups is 1. The van der Waals surface area contributed by atoms with Crippen molar-refractivity contribution in [2.75, 3.05) is 44.8 Å². The summed E-state index contributed by atoms with van der Waals surface area (Å²) >= 11 is 0. The van der Waals surface area contributed by atoms with E-state index in [4.69, 9.17) is 4.74 Å². The number of carbonyl (C=O) groups is 1. The molecule has 7 heteroatoms. The summed E-state index contributed by atoms with van der Waals surface area (Å²) in [6.45, 7) is 11.3. The number of fused-ring (bicyclic) bond motifs is 1. The van der Waals surface area contributed by atoms with Crippen LogP contribution in [0, 0.1) is 12.3 Å². The fourth-order valence-electron chi connectivity index (χ4n) is 5.03. The van der Waals surface area contributed by atoms with Gasteiger partial charge in [0.05, 0.1) is 31.5 Å². The summed E-state index contributed by atoms with van der Waals surface area (Å²) in [7, 11) is 1.84. The minimum Gasteiger partial charge on any atom is -0.381 e. The molecule has 4 rings (SSSR count). The molecule has 0 aromatic heterocycles. The Kier molecular flexibility index (Phi) is 7.22. The van der Waals surface area contributed by atoms with Gasteiger partial charge in [-0.1, -0.05) is 11.6 Å². The zero-order chi connectivity index (χ0) is 24.4. The molecule has 2 N–H and O–H groups in total. The van der Waals surface area contributed by atoms with Crippen LogP contribution in [0.3, 0.4) is 0 Å². The molecule has 3 aliphatic heterocycles. The van der Waals surface area contributed by atoms with Gasteiger partial charge in [0, 0.05) is 56.0 Å². The molecule has 34 heavy (non-hydrogen) atoms. The molecule has 1 aromatic carbocycles. The molecule has 1 amide bonds. The van der Waals surface area contributed by atoms with Gasteiger partial charge < -0.3 is 19.9 Å². The summed E-state index contributed by atoms with van der Waals surface area (Å²) in [6, 6.07) is 4.58. The summed E-state index contributed by atoms with van der Waals surface area (Å²) in [5, 5.41) is 12.8. The van der Waals surface area contributed by atoms with E-state index in [9.17, 15) is 10.2 Å². The van der Waals surface area contributed by atoms with Crippen molar-refractivity contribution in [3.8, 4) is 0 Å². The first-order valence-corrected chi connectivity index (χ1v) is 12.2.